The number of hydrogen-bond donors (Lipinski definition) is 0. The number of alkyl halides is 2. The molecule has 0 aliphatic carbocycles. The van der Waals surface area contributed by atoms with Crippen molar-refractivity contribution in [2.24, 2.45) is 0 Å². The van der Waals surface area contributed by atoms with Gasteiger partial charge in [-0.15, -0.1) is 0 Å². The van der Waals surface area contributed by atoms with Gasteiger partial charge < -0.3 is 4.74 Å². The molecule has 0 radical (unpaired) electrons. The van der Waals surface area contributed by atoms with Crippen LogP contribution in [0.4, 0.5) is 8.78 Å². The monoisotopic (exact) mass is 248 g/mol. The Morgan fingerprint density at radius 2 is 2.12 bits per heavy atom. The fraction of sp³-hybridized carbons (Fsp3) is 0.500. The second kappa shape index (κ2) is 5.60. The van der Waals surface area contributed by atoms with Gasteiger partial charge in [-0.2, -0.15) is 0 Å². The topological polar surface area (TPSA) is 9.23 Å². The molecule has 0 N–H and O–H groups in total. The normalized spacial score (nSPS) is 13.8. The summed E-state index contributed by atoms with van der Waals surface area (Å²) >= 11 is 5.74. The second-order valence-electron chi connectivity index (χ2n) is 3.70. The zero-order valence-corrected chi connectivity index (χ0v) is 10.1. The first-order valence-corrected chi connectivity index (χ1v) is 5.52. The highest BCUT2D eigenvalue weighted by atomic mass is 35.5. The molecule has 1 rings (SSSR count). The van der Waals surface area contributed by atoms with Crippen molar-refractivity contribution < 1.29 is 13.5 Å². The van der Waals surface area contributed by atoms with Gasteiger partial charge in [-0.25, -0.2) is 8.78 Å². The average molecular weight is 249 g/mol. The van der Waals surface area contributed by atoms with Crippen LogP contribution in [0.1, 0.15) is 18.9 Å². The Labute approximate surface area is 99.4 Å². The van der Waals surface area contributed by atoms with E-state index < -0.39 is 12.0 Å². The Kier molecular flexibility index (Phi) is 4.69. The summed E-state index contributed by atoms with van der Waals surface area (Å²) in [6.07, 6.45) is -1.12. The molecule has 0 bridgehead atoms. The zero-order valence-electron chi connectivity index (χ0n) is 9.34. The van der Waals surface area contributed by atoms with E-state index in [4.69, 9.17) is 16.3 Å². The van der Waals surface area contributed by atoms with Crippen LogP contribution >= 0.6 is 11.6 Å². The lowest BCUT2D eigenvalue weighted by molar-refractivity contribution is -0.124. The molecule has 0 aromatic heterocycles. The predicted octanol–water partition coefficient (Wildman–Crippen LogP) is 3.94. The molecule has 0 spiro atoms. The Morgan fingerprint density at radius 1 is 1.44 bits per heavy atom. The second-order valence-corrected chi connectivity index (χ2v) is 4.14. The van der Waals surface area contributed by atoms with Crippen molar-refractivity contribution in [3.05, 3.63) is 34.9 Å². The van der Waals surface area contributed by atoms with E-state index in [1.54, 1.807) is 31.2 Å². The van der Waals surface area contributed by atoms with E-state index in [9.17, 15) is 8.78 Å². The van der Waals surface area contributed by atoms with Crippen molar-refractivity contribution >= 4 is 11.6 Å². The highest BCUT2D eigenvalue weighted by Gasteiger charge is 2.38. The first-order chi connectivity index (χ1) is 7.49. The van der Waals surface area contributed by atoms with Crippen LogP contribution in [0, 0.1) is 0 Å². The van der Waals surface area contributed by atoms with Gasteiger partial charge in [-0.3, -0.25) is 0 Å². The summed E-state index contributed by atoms with van der Waals surface area (Å²) in [7, 11) is 1.31. The summed E-state index contributed by atoms with van der Waals surface area (Å²) in [6, 6.07) is 6.53. The molecule has 16 heavy (non-hydrogen) atoms. The summed E-state index contributed by atoms with van der Waals surface area (Å²) in [5.74, 6) is -2.87. The standard InChI is InChI=1S/C12H15ClF2O/c1-3-11(16-2)12(14,15)8-9-5-4-6-10(13)7-9/h4-7,11H,3,8H2,1-2H3. The Morgan fingerprint density at radius 3 is 2.62 bits per heavy atom. The van der Waals surface area contributed by atoms with Gasteiger partial charge in [0.15, 0.2) is 0 Å². The zero-order chi connectivity index (χ0) is 12.2. The van der Waals surface area contributed by atoms with E-state index in [-0.39, 0.29) is 12.8 Å². The predicted molar refractivity (Wildman–Crippen MR) is 61.2 cm³/mol. The SMILES string of the molecule is CCC(OC)C(F)(F)Cc1cccc(Cl)c1. The van der Waals surface area contributed by atoms with E-state index in [0.717, 1.165) is 0 Å². The van der Waals surface area contributed by atoms with Crippen LogP contribution in [-0.4, -0.2) is 19.1 Å². The van der Waals surface area contributed by atoms with Crippen molar-refractivity contribution in [1.29, 1.82) is 0 Å². The van der Waals surface area contributed by atoms with Crippen LogP contribution in [0.2, 0.25) is 5.02 Å². The minimum atomic E-state index is -2.87. The first-order valence-electron chi connectivity index (χ1n) is 5.14. The van der Waals surface area contributed by atoms with Gasteiger partial charge in [0.2, 0.25) is 0 Å². The van der Waals surface area contributed by atoms with Crippen molar-refractivity contribution in [1.82, 2.24) is 0 Å². The summed E-state index contributed by atoms with van der Waals surface area (Å²) < 4.78 is 32.3. The molecule has 90 valence electrons. The lowest BCUT2D eigenvalue weighted by atomic mass is 10.0. The number of ether oxygens (including phenoxy) is 1. The highest BCUT2D eigenvalue weighted by Crippen LogP contribution is 2.28. The summed E-state index contributed by atoms with van der Waals surface area (Å²) in [5, 5.41) is 0.471. The molecule has 0 heterocycles. The third kappa shape index (κ3) is 3.42. The molecule has 1 atom stereocenters. The number of methoxy groups -OCH3 is 1. The molecule has 0 aliphatic rings. The van der Waals surface area contributed by atoms with E-state index in [2.05, 4.69) is 0 Å². The van der Waals surface area contributed by atoms with Crippen LogP contribution in [0.5, 0.6) is 0 Å². The van der Waals surface area contributed by atoms with Gasteiger partial charge in [0.05, 0.1) is 0 Å². The number of benzene rings is 1. The van der Waals surface area contributed by atoms with Crippen molar-refractivity contribution in [3.63, 3.8) is 0 Å². The Balaban J connectivity index is 2.79. The van der Waals surface area contributed by atoms with E-state index in [0.29, 0.717) is 10.6 Å². The van der Waals surface area contributed by atoms with Crippen LogP contribution in [-0.2, 0) is 11.2 Å². The van der Waals surface area contributed by atoms with Gasteiger partial charge >= 0.3 is 0 Å². The minimum absolute atomic E-state index is 0.282. The molecule has 0 fully saturated rings. The molecule has 1 nitrogen and oxygen atoms in total. The molecular formula is C12H15ClF2O. The lowest BCUT2D eigenvalue weighted by Gasteiger charge is -2.24. The molecule has 0 saturated carbocycles. The van der Waals surface area contributed by atoms with E-state index >= 15 is 0 Å². The largest absolute Gasteiger partial charge is 0.375 e. The fourth-order valence-corrected chi connectivity index (χ4v) is 1.88. The van der Waals surface area contributed by atoms with Crippen molar-refractivity contribution in [3.8, 4) is 0 Å². The summed E-state index contributed by atoms with van der Waals surface area (Å²) in [4.78, 5) is 0. The number of rotatable bonds is 5. The fourth-order valence-electron chi connectivity index (χ4n) is 1.67. The van der Waals surface area contributed by atoms with Crippen LogP contribution in [0.25, 0.3) is 0 Å². The first kappa shape index (κ1) is 13.4. The van der Waals surface area contributed by atoms with Crippen LogP contribution < -0.4 is 0 Å². The average Bonchev–Trinajstić information content (AvgIpc) is 2.18. The summed E-state index contributed by atoms with van der Waals surface area (Å²) in [6.45, 7) is 1.68. The maximum absolute atomic E-state index is 13.7. The van der Waals surface area contributed by atoms with E-state index in [1.165, 1.54) is 7.11 Å². The van der Waals surface area contributed by atoms with Gasteiger partial charge in [0.25, 0.3) is 5.92 Å². The smallest absolute Gasteiger partial charge is 0.277 e. The Hall–Kier alpha value is -0.670. The van der Waals surface area contributed by atoms with Crippen molar-refractivity contribution in [2.45, 2.75) is 31.8 Å². The molecule has 0 amide bonds. The number of halogens is 3. The molecule has 4 heteroatoms. The molecule has 0 saturated heterocycles. The van der Waals surface area contributed by atoms with Crippen LogP contribution in [0.3, 0.4) is 0 Å². The highest BCUT2D eigenvalue weighted by molar-refractivity contribution is 6.30. The Bertz CT molecular complexity index is 338. The molecule has 1 unspecified atom stereocenters. The van der Waals surface area contributed by atoms with Gasteiger partial charge in [-0.05, 0) is 24.1 Å². The minimum Gasteiger partial charge on any atom is -0.375 e. The van der Waals surface area contributed by atoms with Crippen LogP contribution in [0.15, 0.2) is 24.3 Å². The molecule has 1 aromatic rings. The van der Waals surface area contributed by atoms with Gasteiger partial charge in [0, 0.05) is 18.6 Å². The quantitative estimate of drug-likeness (QED) is 0.767. The van der Waals surface area contributed by atoms with Crippen molar-refractivity contribution in [2.75, 3.05) is 7.11 Å². The third-order valence-corrected chi connectivity index (χ3v) is 2.69. The lowest BCUT2D eigenvalue weighted by Crippen LogP contribution is -2.36. The molecule has 1 aromatic carbocycles. The summed E-state index contributed by atoms with van der Waals surface area (Å²) in [5.41, 5.74) is 0.521. The van der Waals surface area contributed by atoms with E-state index in [1.807, 2.05) is 0 Å². The third-order valence-electron chi connectivity index (χ3n) is 2.46. The molecule has 0 aliphatic heterocycles. The van der Waals surface area contributed by atoms with Gasteiger partial charge in [-0.1, -0.05) is 30.7 Å². The number of hydrogen-bond acceptors (Lipinski definition) is 1. The van der Waals surface area contributed by atoms with Gasteiger partial charge in [0.1, 0.15) is 6.10 Å². The maximum Gasteiger partial charge on any atom is 0.277 e. The maximum atomic E-state index is 13.7. The molecular weight excluding hydrogens is 234 g/mol.